The highest BCUT2D eigenvalue weighted by Gasteiger charge is 2.26. The Bertz CT molecular complexity index is 778. The van der Waals surface area contributed by atoms with Crippen molar-refractivity contribution in [2.24, 2.45) is 0 Å². The van der Waals surface area contributed by atoms with E-state index in [0.29, 0.717) is 24.6 Å². The van der Waals surface area contributed by atoms with Gasteiger partial charge in [0.25, 0.3) is 5.91 Å². The highest BCUT2D eigenvalue weighted by atomic mass is 16.2. The van der Waals surface area contributed by atoms with Crippen LogP contribution in [0.3, 0.4) is 0 Å². The standard InChI is InChI=1S/C19H25N5O2/c1-3-23-13-21-22-18(23)15-8-10-24(11-9-15)17(25)12-20-19(26)16-7-5-4-6-14(16)2/h4-7,13,15H,3,8-12H2,1-2H3,(H,20,26). The molecule has 7 nitrogen and oxygen atoms in total. The zero-order chi connectivity index (χ0) is 18.5. The number of nitrogens with one attached hydrogen (secondary N) is 1. The summed E-state index contributed by atoms with van der Waals surface area (Å²) in [5, 5.41) is 11.0. The summed E-state index contributed by atoms with van der Waals surface area (Å²) in [5.41, 5.74) is 1.51. The van der Waals surface area contributed by atoms with E-state index in [1.807, 2.05) is 30.0 Å². The first-order valence-electron chi connectivity index (χ1n) is 9.09. The van der Waals surface area contributed by atoms with E-state index in [2.05, 4.69) is 27.0 Å². The molecule has 0 unspecified atom stereocenters. The third-order valence-electron chi connectivity index (χ3n) is 4.99. The van der Waals surface area contributed by atoms with E-state index >= 15 is 0 Å². The Labute approximate surface area is 153 Å². The van der Waals surface area contributed by atoms with Crippen LogP contribution in [0.2, 0.25) is 0 Å². The van der Waals surface area contributed by atoms with E-state index < -0.39 is 0 Å². The van der Waals surface area contributed by atoms with Crippen LogP contribution in [0, 0.1) is 6.92 Å². The van der Waals surface area contributed by atoms with Crippen LogP contribution in [-0.4, -0.2) is 51.1 Å². The summed E-state index contributed by atoms with van der Waals surface area (Å²) in [5.74, 6) is 1.10. The maximum atomic E-state index is 12.4. The Morgan fingerprint density at radius 2 is 1.96 bits per heavy atom. The monoisotopic (exact) mass is 355 g/mol. The maximum Gasteiger partial charge on any atom is 0.251 e. The van der Waals surface area contributed by atoms with Gasteiger partial charge in [0.1, 0.15) is 12.2 Å². The van der Waals surface area contributed by atoms with Gasteiger partial charge in [-0.3, -0.25) is 9.59 Å². The van der Waals surface area contributed by atoms with Gasteiger partial charge >= 0.3 is 0 Å². The average molecular weight is 355 g/mol. The number of hydrogen-bond acceptors (Lipinski definition) is 4. The van der Waals surface area contributed by atoms with Crippen LogP contribution in [0.1, 0.15) is 47.4 Å². The molecule has 0 bridgehead atoms. The van der Waals surface area contributed by atoms with Crippen molar-refractivity contribution in [3.63, 3.8) is 0 Å². The topological polar surface area (TPSA) is 80.1 Å². The van der Waals surface area contributed by atoms with Crippen LogP contribution >= 0.6 is 0 Å². The Balaban J connectivity index is 1.50. The van der Waals surface area contributed by atoms with Gasteiger partial charge in [-0.15, -0.1) is 10.2 Å². The zero-order valence-corrected chi connectivity index (χ0v) is 15.3. The molecule has 0 atom stereocenters. The molecule has 3 rings (SSSR count). The minimum Gasteiger partial charge on any atom is -0.343 e. The number of benzene rings is 1. The average Bonchev–Trinajstić information content (AvgIpc) is 3.15. The van der Waals surface area contributed by atoms with Crippen molar-refractivity contribution >= 4 is 11.8 Å². The molecule has 2 aromatic rings. The molecule has 0 radical (unpaired) electrons. The van der Waals surface area contributed by atoms with Gasteiger partial charge in [0.15, 0.2) is 0 Å². The summed E-state index contributed by atoms with van der Waals surface area (Å²) in [6, 6.07) is 7.37. The molecule has 138 valence electrons. The Hall–Kier alpha value is -2.70. The SMILES string of the molecule is CCn1cnnc1C1CCN(C(=O)CNC(=O)c2ccccc2C)CC1. The fraction of sp³-hybridized carbons (Fsp3) is 0.474. The molecule has 0 saturated carbocycles. The Morgan fingerprint density at radius 1 is 1.23 bits per heavy atom. The predicted molar refractivity (Wildman–Crippen MR) is 97.8 cm³/mol. The minimum absolute atomic E-state index is 0.0307. The summed E-state index contributed by atoms with van der Waals surface area (Å²) >= 11 is 0. The second-order valence-corrected chi connectivity index (χ2v) is 6.63. The molecule has 1 N–H and O–H groups in total. The molecule has 1 aliphatic heterocycles. The van der Waals surface area contributed by atoms with Crippen LogP contribution in [0.4, 0.5) is 0 Å². The third kappa shape index (κ3) is 3.92. The first-order chi connectivity index (χ1) is 12.6. The van der Waals surface area contributed by atoms with Gasteiger partial charge in [0.2, 0.25) is 5.91 Å². The number of likely N-dealkylation sites (tertiary alicyclic amines) is 1. The van der Waals surface area contributed by atoms with Gasteiger partial charge in [-0.2, -0.15) is 0 Å². The molecule has 1 aromatic heterocycles. The van der Waals surface area contributed by atoms with Crippen LogP contribution in [-0.2, 0) is 11.3 Å². The van der Waals surface area contributed by atoms with Gasteiger partial charge in [-0.1, -0.05) is 18.2 Å². The number of aromatic nitrogens is 3. The molecule has 2 amide bonds. The number of hydrogen-bond donors (Lipinski definition) is 1. The normalized spacial score (nSPS) is 15.1. The predicted octanol–water partition coefficient (Wildman–Crippen LogP) is 1.74. The van der Waals surface area contributed by atoms with E-state index in [0.717, 1.165) is 30.8 Å². The van der Waals surface area contributed by atoms with Crippen molar-refractivity contribution in [1.82, 2.24) is 25.0 Å². The molecule has 0 aliphatic carbocycles. The molecule has 1 aromatic carbocycles. The smallest absolute Gasteiger partial charge is 0.251 e. The van der Waals surface area contributed by atoms with Gasteiger partial charge in [0.05, 0.1) is 6.54 Å². The Morgan fingerprint density at radius 3 is 2.65 bits per heavy atom. The lowest BCUT2D eigenvalue weighted by atomic mass is 9.96. The lowest BCUT2D eigenvalue weighted by Crippen LogP contribution is -2.44. The molecule has 7 heteroatoms. The number of carbonyl (C=O) groups excluding carboxylic acids is 2. The van der Waals surface area contributed by atoms with E-state index in [1.54, 1.807) is 12.4 Å². The van der Waals surface area contributed by atoms with Crippen LogP contribution < -0.4 is 5.32 Å². The number of nitrogens with zero attached hydrogens (tertiary/aromatic N) is 4. The van der Waals surface area contributed by atoms with Gasteiger partial charge in [-0.05, 0) is 38.3 Å². The highest BCUT2D eigenvalue weighted by Crippen LogP contribution is 2.26. The second-order valence-electron chi connectivity index (χ2n) is 6.63. The van der Waals surface area contributed by atoms with Gasteiger partial charge in [0, 0.05) is 31.1 Å². The number of carbonyl (C=O) groups is 2. The second kappa shape index (κ2) is 8.12. The molecule has 26 heavy (non-hydrogen) atoms. The summed E-state index contributed by atoms with van der Waals surface area (Å²) in [7, 11) is 0. The zero-order valence-electron chi connectivity index (χ0n) is 15.3. The van der Waals surface area contributed by atoms with Crippen molar-refractivity contribution in [3.8, 4) is 0 Å². The first-order valence-corrected chi connectivity index (χ1v) is 9.09. The largest absolute Gasteiger partial charge is 0.343 e. The molecule has 1 aliphatic rings. The fourth-order valence-corrected chi connectivity index (χ4v) is 3.40. The van der Waals surface area contributed by atoms with Crippen molar-refractivity contribution in [2.45, 2.75) is 39.2 Å². The molecular weight excluding hydrogens is 330 g/mol. The molecule has 1 fully saturated rings. The summed E-state index contributed by atoms with van der Waals surface area (Å²) in [6.45, 7) is 6.20. The lowest BCUT2D eigenvalue weighted by Gasteiger charge is -2.31. The van der Waals surface area contributed by atoms with E-state index in [1.165, 1.54) is 0 Å². The molecule has 0 spiro atoms. The number of amides is 2. The highest BCUT2D eigenvalue weighted by molar-refractivity contribution is 5.97. The fourth-order valence-electron chi connectivity index (χ4n) is 3.40. The van der Waals surface area contributed by atoms with Crippen molar-refractivity contribution in [1.29, 1.82) is 0 Å². The quantitative estimate of drug-likeness (QED) is 0.886. The maximum absolute atomic E-state index is 12.4. The minimum atomic E-state index is -0.206. The van der Waals surface area contributed by atoms with Crippen LogP contribution in [0.25, 0.3) is 0 Å². The van der Waals surface area contributed by atoms with Gasteiger partial charge < -0.3 is 14.8 Å². The van der Waals surface area contributed by atoms with Crippen molar-refractivity contribution in [2.75, 3.05) is 19.6 Å². The van der Waals surface area contributed by atoms with Crippen molar-refractivity contribution < 1.29 is 9.59 Å². The molecule has 2 heterocycles. The van der Waals surface area contributed by atoms with Gasteiger partial charge in [-0.25, -0.2) is 0 Å². The summed E-state index contributed by atoms with van der Waals surface area (Å²) in [6.07, 6.45) is 3.50. The molecular formula is C19H25N5O2. The summed E-state index contributed by atoms with van der Waals surface area (Å²) < 4.78 is 2.06. The number of piperidine rings is 1. The van der Waals surface area contributed by atoms with E-state index in [-0.39, 0.29) is 18.4 Å². The number of rotatable bonds is 5. The van der Waals surface area contributed by atoms with E-state index in [9.17, 15) is 9.59 Å². The summed E-state index contributed by atoms with van der Waals surface area (Å²) in [4.78, 5) is 26.5. The third-order valence-corrected chi connectivity index (χ3v) is 4.99. The van der Waals surface area contributed by atoms with Crippen molar-refractivity contribution in [3.05, 3.63) is 47.5 Å². The lowest BCUT2D eigenvalue weighted by molar-refractivity contribution is -0.131. The number of aryl methyl sites for hydroxylation is 2. The molecule has 1 saturated heterocycles. The first kappa shape index (κ1) is 18.1. The Kier molecular flexibility index (Phi) is 5.65. The van der Waals surface area contributed by atoms with E-state index in [4.69, 9.17) is 0 Å². The van der Waals surface area contributed by atoms with Crippen LogP contribution in [0.5, 0.6) is 0 Å². The van der Waals surface area contributed by atoms with Crippen LogP contribution in [0.15, 0.2) is 30.6 Å².